The van der Waals surface area contributed by atoms with Gasteiger partial charge in [-0.25, -0.2) is 19.6 Å². The van der Waals surface area contributed by atoms with E-state index in [0.29, 0.717) is 41.1 Å². The fraction of sp³-hybridized carbons (Fsp3) is 0.360. The Balaban J connectivity index is 1.23. The van der Waals surface area contributed by atoms with Gasteiger partial charge in [0.1, 0.15) is 16.4 Å². The van der Waals surface area contributed by atoms with Crippen molar-refractivity contribution in [3.8, 4) is 5.82 Å². The summed E-state index contributed by atoms with van der Waals surface area (Å²) in [6.07, 6.45) is 7.91. The van der Waals surface area contributed by atoms with Gasteiger partial charge in [0.2, 0.25) is 0 Å². The summed E-state index contributed by atoms with van der Waals surface area (Å²) in [6.45, 7) is 5.80. The van der Waals surface area contributed by atoms with Crippen LogP contribution in [0.5, 0.6) is 0 Å². The van der Waals surface area contributed by atoms with Crippen LogP contribution in [0, 0.1) is 13.8 Å². The van der Waals surface area contributed by atoms with Crippen LogP contribution in [-0.2, 0) is 9.53 Å². The monoisotopic (exact) mass is 521 g/mol. The number of nitrogens with one attached hydrogen (secondary N) is 3. The molecule has 1 aliphatic carbocycles. The normalized spacial score (nSPS) is 19.8. The van der Waals surface area contributed by atoms with Gasteiger partial charge in [-0.15, -0.1) is 0 Å². The topological polar surface area (TPSA) is 136 Å². The van der Waals surface area contributed by atoms with Crippen LogP contribution >= 0.6 is 11.6 Å². The van der Waals surface area contributed by atoms with Crippen LogP contribution in [0.3, 0.4) is 0 Å². The summed E-state index contributed by atoms with van der Waals surface area (Å²) < 4.78 is 7.42. The lowest BCUT2D eigenvalue weighted by molar-refractivity contribution is -0.158. The number of carbonyl (C=O) groups is 1. The van der Waals surface area contributed by atoms with Crippen molar-refractivity contribution in [2.45, 2.75) is 51.2 Å². The van der Waals surface area contributed by atoms with E-state index in [4.69, 9.17) is 16.3 Å². The SMILES string of the molecule is COC1(C(=O)N[C@@H](C)c2ccc(-n3cc(C)cn3)nc2)CC(c2ncc(Cl)c(Nc3cc(C)[nH]n3)n2)C1. The zero-order chi connectivity index (χ0) is 26.2. The van der Waals surface area contributed by atoms with Crippen molar-refractivity contribution in [2.24, 2.45) is 0 Å². The summed E-state index contributed by atoms with van der Waals surface area (Å²) >= 11 is 6.29. The molecule has 192 valence electrons. The van der Waals surface area contributed by atoms with Crippen LogP contribution in [0.1, 0.15) is 54.4 Å². The van der Waals surface area contributed by atoms with Crippen molar-refractivity contribution in [3.05, 3.63) is 70.7 Å². The number of amides is 1. The molecule has 0 bridgehead atoms. The van der Waals surface area contributed by atoms with Gasteiger partial charge in [-0.2, -0.15) is 10.2 Å². The number of methoxy groups -OCH3 is 1. The van der Waals surface area contributed by atoms with E-state index < -0.39 is 5.60 Å². The molecule has 1 atom stereocenters. The maximum Gasteiger partial charge on any atom is 0.252 e. The minimum Gasteiger partial charge on any atom is -0.368 e. The molecule has 1 amide bonds. The molecule has 0 aromatic carbocycles. The number of aromatic nitrogens is 7. The van der Waals surface area contributed by atoms with Crippen molar-refractivity contribution in [1.82, 2.24) is 40.2 Å². The van der Waals surface area contributed by atoms with E-state index in [9.17, 15) is 4.79 Å². The molecule has 5 rings (SSSR count). The summed E-state index contributed by atoms with van der Waals surface area (Å²) in [5.74, 6) is 2.17. The molecule has 37 heavy (non-hydrogen) atoms. The largest absolute Gasteiger partial charge is 0.368 e. The molecule has 1 fully saturated rings. The number of nitrogens with zero attached hydrogens (tertiary/aromatic N) is 6. The minimum absolute atomic E-state index is 0.0433. The van der Waals surface area contributed by atoms with Gasteiger partial charge in [-0.3, -0.25) is 9.89 Å². The highest BCUT2D eigenvalue weighted by Gasteiger charge is 2.52. The molecular formula is C25H28ClN9O2. The average Bonchev–Trinajstić information content (AvgIpc) is 3.48. The fourth-order valence-electron chi connectivity index (χ4n) is 4.37. The number of aromatic amines is 1. The molecule has 0 radical (unpaired) electrons. The van der Waals surface area contributed by atoms with Gasteiger partial charge in [-0.1, -0.05) is 17.7 Å². The maximum atomic E-state index is 13.2. The Kier molecular flexibility index (Phi) is 6.65. The Morgan fingerprint density at radius 2 is 2.05 bits per heavy atom. The number of rotatable bonds is 8. The van der Waals surface area contributed by atoms with E-state index in [2.05, 4.69) is 40.9 Å². The third-order valence-corrected chi connectivity index (χ3v) is 6.88. The Hall–Kier alpha value is -3.83. The molecule has 11 nitrogen and oxygen atoms in total. The molecule has 4 aromatic rings. The molecular weight excluding hydrogens is 494 g/mol. The van der Waals surface area contributed by atoms with E-state index in [1.54, 1.807) is 30.4 Å². The molecule has 0 unspecified atom stereocenters. The first-order chi connectivity index (χ1) is 17.8. The van der Waals surface area contributed by atoms with E-state index in [0.717, 1.165) is 16.8 Å². The van der Waals surface area contributed by atoms with Crippen LogP contribution in [0.15, 0.2) is 43.0 Å². The molecule has 12 heteroatoms. The number of anilines is 2. The zero-order valence-corrected chi connectivity index (χ0v) is 21.7. The molecule has 0 spiro atoms. The Labute approximate surface area is 219 Å². The Morgan fingerprint density at radius 1 is 1.24 bits per heavy atom. The molecule has 4 aromatic heterocycles. The van der Waals surface area contributed by atoms with Gasteiger partial charge in [0.25, 0.3) is 5.91 Å². The van der Waals surface area contributed by atoms with Gasteiger partial charge in [-0.05, 0) is 50.8 Å². The number of hydrogen-bond donors (Lipinski definition) is 3. The standard InChI is InChI=1S/C25H28ClN9O2/c1-14-10-29-35(13-14)21-6-5-17(11-27-21)16(3)30-24(36)25(37-4)8-18(9-25)22-28-12-19(26)23(32-22)31-20-7-15(2)33-34-20/h5-7,10-13,16,18H,8-9H2,1-4H3,(H,30,36)(H2,28,31,32,33,34)/t16-,18?,25?/m0/s1. The van der Waals surface area contributed by atoms with Gasteiger partial charge in [0, 0.05) is 37.2 Å². The highest BCUT2D eigenvalue weighted by Crippen LogP contribution is 2.46. The van der Waals surface area contributed by atoms with Crippen molar-refractivity contribution < 1.29 is 9.53 Å². The van der Waals surface area contributed by atoms with Crippen molar-refractivity contribution in [1.29, 1.82) is 0 Å². The van der Waals surface area contributed by atoms with E-state index in [1.165, 1.54) is 0 Å². The summed E-state index contributed by atoms with van der Waals surface area (Å²) in [5, 5.41) is 17.9. The average molecular weight is 522 g/mol. The first-order valence-electron chi connectivity index (χ1n) is 11.9. The van der Waals surface area contributed by atoms with Crippen molar-refractivity contribution in [2.75, 3.05) is 12.4 Å². The van der Waals surface area contributed by atoms with Gasteiger partial charge >= 0.3 is 0 Å². The van der Waals surface area contributed by atoms with E-state index >= 15 is 0 Å². The Morgan fingerprint density at radius 3 is 2.68 bits per heavy atom. The number of hydrogen-bond acceptors (Lipinski definition) is 8. The molecule has 3 N–H and O–H groups in total. The molecule has 0 aliphatic heterocycles. The van der Waals surface area contributed by atoms with Crippen LogP contribution in [0.25, 0.3) is 5.82 Å². The minimum atomic E-state index is -0.950. The predicted molar refractivity (Wildman–Crippen MR) is 138 cm³/mol. The number of halogens is 1. The number of carbonyl (C=O) groups excluding carboxylic acids is 1. The summed E-state index contributed by atoms with van der Waals surface area (Å²) in [4.78, 5) is 26.7. The maximum absolute atomic E-state index is 13.2. The second-order valence-electron chi connectivity index (χ2n) is 9.40. The molecule has 1 saturated carbocycles. The quantitative estimate of drug-likeness (QED) is 0.317. The highest BCUT2D eigenvalue weighted by molar-refractivity contribution is 6.32. The highest BCUT2D eigenvalue weighted by atomic mass is 35.5. The number of aryl methyl sites for hydroxylation is 2. The second kappa shape index (κ2) is 9.91. The smallest absolute Gasteiger partial charge is 0.252 e. The second-order valence-corrected chi connectivity index (χ2v) is 9.80. The fourth-order valence-corrected chi connectivity index (χ4v) is 4.51. The lowest BCUT2D eigenvalue weighted by Gasteiger charge is -2.44. The predicted octanol–water partition coefficient (Wildman–Crippen LogP) is 3.93. The van der Waals surface area contributed by atoms with Crippen LogP contribution in [-0.4, -0.2) is 53.5 Å². The van der Waals surface area contributed by atoms with Crippen LogP contribution in [0.4, 0.5) is 11.6 Å². The lowest BCUT2D eigenvalue weighted by atomic mass is 9.69. The zero-order valence-electron chi connectivity index (χ0n) is 21.0. The van der Waals surface area contributed by atoms with E-state index in [-0.39, 0.29) is 17.9 Å². The van der Waals surface area contributed by atoms with Crippen molar-refractivity contribution in [3.63, 3.8) is 0 Å². The van der Waals surface area contributed by atoms with Gasteiger partial charge < -0.3 is 15.4 Å². The summed E-state index contributed by atoms with van der Waals surface area (Å²) in [5.41, 5.74) is 1.90. The van der Waals surface area contributed by atoms with E-state index in [1.807, 2.05) is 45.2 Å². The third kappa shape index (κ3) is 5.05. The Bertz CT molecular complexity index is 1410. The summed E-state index contributed by atoms with van der Waals surface area (Å²) in [7, 11) is 1.55. The first-order valence-corrected chi connectivity index (χ1v) is 12.3. The van der Waals surface area contributed by atoms with Crippen LogP contribution < -0.4 is 10.6 Å². The van der Waals surface area contributed by atoms with Gasteiger partial charge in [0.05, 0.1) is 18.4 Å². The first kappa shape index (κ1) is 24.8. The summed E-state index contributed by atoms with van der Waals surface area (Å²) in [6, 6.07) is 5.41. The molecule has 4 heterocycles. The van der Waals surface area contributed by atoms with Crippen molar-refractivity contribution >= 4 is 29.1 Å². The third-order valence-electron chi connectivity index (χ3n) is 6.60. The molecule has 0 saturated heterocycles. The number of pyridine rings is 1. The lowest BCUT2D eigenvalue weighted by Crippen LogP contribution is -2.56. The number of H-pyrrole nitrogens is 1. The van der Waals surface area contributed by atoms with Crippen LogP contribution in [0.2, 0.25) is 5.02 Å². The molecule has 1 aliphatic rings. The van der Waals surface area contributed by atoms with Gasteiger partial charge in [0.15, 0.2) is 17.5 Å². The number of ether oxygens (including phenoxy) is 1.